The molecule has 0 aliphatic carbocycles. The van der Waals surface area contributed by atoms with Crippen LogP contribution in [0.15, 0.2) is 41.2 Å². The molecule has 0 fully saturated rings. The van der Waals surface area contributed by atoms with Crippen molar-refractivity contribution >= 4 is 23.3 Å². The van der Waals surface area contributed by atoms with E-state index in [-0.39, 0.29) is 18.0 Å². The van der Waals surface area contributed by atoms with Crippen molar-refractivity contribution in [1.82, 2.24) is 19.9 Å². The van der Waals surface area contributed by atoms with Gasteiger partial charge in [0.1, 0.15) is 5.52 Å². The average molecular weight is 445 g/mol. The van der Waals surface area contributed by atoms with Gasteiger partial charge >= 0.3 is 0 Å². The second-order valence-corrected chi connectivity index (χ2v) is 7.70. The Morgan fingerprint density at radius 1 is 0.968 bits per heavy atom. The van der Waals surface area contributed by atoms with Crippen LogP contribution in [0.1, 0.15) is 30.4 Å². The Morgan fingerprint density at radius 2 is 1.68 bits per heavy atom. The lowest BCUT2D eigenvalue weighted by Gasteiger charge is -2.29. The Morgan fingerprint density at radius 3 is 2.45 bits per heavy atom. The van der Waals surface area contributed by atoms with E-state index in [0.717, 1.165) is 56.8 Å². The highest BCUT2D eigenvalue weighted by Gasteiger charge is 2.19. The van der Waals surface area contributed by atoms with Gasteiger partial charge in [-0.1, -0.05) is 23.8 Å². The SMILES string of the molecule is COc1cc2c(cc1OC)CN(CCCCCn1nnc3ccccc3c1=O)CC2.Cl. The number of hydrogen-bond acceptors (Lipinski definition) is 6. The maximum Gasteiger partial charge on any atom is 0.277 e. The van der Waals surface area contributed by atoms with Crippen LogP contribution in [0.25, 0.3) is 10.9 Å². The molecule has 166 valence electrons. The number of aryl methyl sites for hydroxylation is 1. The van der Waals surface area contributed by atoms with Crippen LogP contribution >= 0.6 is 12.4 Å². The van der Waals surface area contributed by atoms with Gasteiger partial charge in [0.15, 0.2) is 11.5 Å². The second-order valence-electron chi connectivity index (χ2n) is 7.70. The van der Waals surface area contributed by atoms with Gasteiger partial charge in [0.2, 0.25) is 0 Å². The molecule has 0 spiro atoms. The number of unbranched alkanes of at least 4 members (excludes halogenated alkanes) is 2. The van der Waals surface area contributed by atoms with Crippen molar-refractivity contribution in [3.8, 4) is 11.5 Å². The fourth-order valence-corrected chi connectivity index (χ4v) is 4.08. The lowest BCUT2D eigenvalue weighted by atomic mass is 9.98. The first-order valence-corrected chi connectivity index (χ1v) is 10.5. The van der Waals surface area contributed by atoms with Crippen LogP contribution in [-0.2, 0) is 19.5 Å². The van der Waals surface area contributed by atoms with E-state index >= 15 is 0 Å². The number of rotatable bonds is 8. The topological polar surface area (TPSA) is 69.5 Å². The Bertz CT molecular complexity index is 1090. The molecule has 0 amide bonds. The zero-order valence-electron chi connectivity index (χ0n) is 18.0. The van der Waals surface area contributed by atoms with Crippen molar-refractivity contribution in [1.29, 1.82) is 0 Å². The van der Waals surface area contributed by atoms with Gasteiger partial charge in [-0.05, 0) is 61.2 Å². The molecular weight excluding hydrogens is 416 g/mol. The lowest BCUT2D eigenvalue weighted by Crippen LogP contribution is -2.31. The molecule has 31 heavy (non-hydrogen) atoms. The quantitative estimate of drug-likeness (QED) is 0.495. The van der Waals surface area contributed by atoms with E-state index in [0.29, 0.717) is 17.4 Å². The Balaban J connectivity index is 0.00000272. The summed E-state index contributed by atoms with van der Waals surface area (Å²) in [5.74, 6) is 1.59. The van der Waals surface area contributed by atoms with Crippen LogP contribution in [0.2, 0.25) is 0 Å². The van der Waals surface area contributed by atoms with Crippen molar-refractivity contribution in [2.45, 2.75) is 38.8 Å². The molecular formula is C23H29ClN4O3. The van der Waals surface area contributed by atoms with Gasteiger partial charge in [0.25, 0.3) is 5.56 Å². The summed E-state index contributed by atoms with van der Waals surface area (Å²) < 4.78 is 12.3. The second kappa shape index (κ2) is 10.6. The molecule has 4 rings (SSSR count). The number of hydrogen-bond donors (Lipinski definition) is 0. The standard InChI is InChI=1S/C23H28N4O3.ClH/c1-29-21-14-17-10-13-26(16-18(17)15-22(21)30-2)11-6-3-7-12-27-23(28)19-8-4-5-9-20(19)24-25-27;/h4-5,8-9,14-15H,3,6-7,10-13,16H2,1-2H3;1H. The summed E-state index contributed by atoms with van der Waals surface area (Å²) in [7, 11) is 3.35. The van der Waals surface area contributed by atoms with E-state index in [1.807, 2.05) is 24.3 Å². The summed E-state index contributed by atoms with van der Waals surface area (Å²) in [6.45, 7) is 3.64. The van der Waals surface area contributed by atoms with Crippen molar-refractivity contribution in [2.75, 3.05) is 27.3 Å². The molecule has 0 saturated heterocycles. The maximum absolute atomic E-state index is 12.5. The molecule has 0 bridgehead atoms. The molecule has 2 heterocycles. The Kier molecular flexibility index (Phi) is 7.87. The molecule has 1 aliphatic heterocycles. The number of fused-ring (bicyclic) bond motifs is 2. The number of benzene rings is 2. The first-order chi connectivity index (χ1) is 14.7. The number of aromatic nitrogens is 3. The molecule has 8 heteroatoms. The van der Waals surface area contributed by atoms with Crippen LogP contribution in [-0.4, -0.2) is 47.2 Å². The van der Waals surface area contributed by atoms with Crippen LogP contribution in [0.4, 0.5) is 0 Å². The fraction of sp³-hybridized carbons (Fsp3) is 0.435. The molecule has 0 N–H and O–H groups in total. The number of halogens is 1. The molecule has 3 aromatic rings. The van der Waals surface area contributed by atoms with Crippen molar-refractivity contribution in [2.24, 2.45) is 0 Å². The van der Waals surface area contributed by atoms with Crippen LogP contribution in [0.5, 0.6) is 11.5 Å². The van der Waals surface area contributed by atoms with E-state index in [2.05, 4.69) is 27.3 Å². The molecule has 1 aromatic heterocycles. The average Bonchev–Trinajstić information content (AvgIpc) is 2.79. The van der Waals surface area contributed by atoms with Gasteiger partial charge in [-0.25, -0.2) is 4.68 Å². The van der Waals surface area contributed by atoms with E-state index in [1.165, 1.54) is 15.8 Å². The zero-order valence-corrected chi connectivity index (χ0v) is 18.9. The molecule has 1 aliphatic rings. The van der Waals surface area contributed by atoms with Crippen molar-refractivity contribution in [3.05, 3.63) is 57.9 Å². The van der Waals surface area contributed by atoms with Gasteiger partial charge in [0.05, 0.1) is 19.6 Å². The number of ether oxygens (including phenoxy) is 2. The Labute approximate surface area is 188 Å². The summed E-state index contributed by atoms with van der Waals surface area (Å²) in [5, 5.41) is 8.85. The highest BCUT2D eigenvalue weighted by atomic mass is 35.5. The largest absolute Gasteiger partial charge is 0.493 e. The summed E-state index contributed by atoms with van der Waals surface area (Å²) in [6, 6.07) is 11.6. The van der Waals surface area contributed by atoms with Gasteiger partial charge in [-0.15, -0.1) is 17.5 Å². The Hall–Kier alpha value is -2.64. The normalized spacial score (nSPS) is 13.5. The van der Waals surface area contributed by atoms with Gasteiger partial charge in [-0.3, -0.25) is 9.69 Å². The maximum atomic E-state index is 12.5. The summed E-state index contributed by atoms with van der Waals surface area (Å²) in [6.07, 6.45) is 4.09. The predicted molar refractivity (Wildman–Crippen MR) is 123 cm³/mol. The molecule has 7 nitrogen and oxygen atoms in total. The zero-order chi connectivity index (χ0) is 20.9. The van der Waals surface area contributed by atoms with E-state index in [1.54, 1.807) is 14.2 Å². The first-order valence-electron chi connectivity index (χ1n) is 10.5. The molecule has 0 saturated carbocycles. The van der Waals surface area contributed by atoms with E-state index < -0.39 is 0 Å². The van der Waals surface area contributed by atoms with Crippen LogP contribution in [0, 0.1) is 0 Å². The summed E-state index contributed by atoms with van der Waals surface area (Å²) in [4.78, 5) is 15.0. The first kappa shape index (κ1) is 23.0. The minimum atomic E-state index is -0.0578. The monoisotopic (exact) mass is 444 g/mol. The summed E-state index contributed by atoms with van der Waals surface area (Å²) >= 11 is 0. The van der Waals surface area contributed by atoms with Crippen molar-refractivity contribution in [3.63, 3.8) is 0 Å². The highest BCUT2D eigenvalue weighted by molar-refractivity contribution is 5.85. The predicted octanol–water partition coefficient (Wildman–Crippen LogP) is 3.46. The van der Waals surface area contributed by atoms with Crippen LogP contribution < -0.4 is 15.0 Å². The molecule has 0 unspecified atom stereocenters. The number of methoxy groups -OCH3 is 2. The third kappa shape index (κ3) is 5.17. The highest BCUT2D eigenvalue weighted by Crippen LogP contribution is 2.33. The molecule has 2 aromatic carbocycles. The third-order valence-corrected chi connectivity index (χ3v) is 5.77. The van der Waals surface area contributed by atoms with E-state index in [9.17, 15) is 4.79 Å². The number of nitrogens with zero attached hydrogens (tertiary/aromatic N) is 4. The molecule has 0 atom stereocenters. The van der Waals surface area contributed by atoms with Gasteiger partial charge in [-0.2, -0.15) is 0 Å². The van der Waals surface area contributed by atoms with Crippen molar-refractivity contribution < 1.29 is 9.47 Å². The van der Waals surface area contributed by atoms with Gasteiger partial charge in [0, 0.05) is 19.6 Å². The van der Waals surface area contributed by atoms with Gasteiger partial charge < -0.3 is 9.47 Å². The lowest BCUT2D eigenvalue weighted by molar-refractivity contribution is 0.246. The molecule has 0 radical (unpaired) electrons. The minimum absolute atomic E-state index is 0. The van der Waals surface area contributed by atoms with Crippen LogP contribution in [0.3, 0.4) is 0 Å². The fourth-order valence-electron chi connectivity index (χ4n) is 4.08. The third-order valence-electron chi connectivity index (χ3n) is 5.77. The summed E-state index contributed by atoms with van der Waals surface area (Å²) in [5.41, 5.74) is 3.26. The minimum Gasteiger partial charge on any atom is -0.493 e. The van der Waals surface area contributed by atoms with E-state index in [4.69, 9.17) is 9.47 Å². The smallest absolute Gasteiger partial charge is 0.277 e.